The highest BCUT2D eigenvalue weighted by Gasteiger charge is 2.20. The minimum absolute atomic E-state index is 0.171. The van der Waals surface area contributed by atoms with Gasteiger partial charge in [-0.25, -0.2) is 0 Å². The molecule has 0 atom stereocenters. The lowest BCUT2D eigenvalue weighted by atomic mass is 10.0. The highest BCUT2D eigenvalue weighted by atomic mass is 79.9. The van der Waals surface area contributed by atoms with Gasteiger partial charge < -0.3 is 10.2 Å². The first-order valence-electron chi connectivity index (χ1n) is 7.20. The van der Waals surface area contributed by atoms with Crippen molar-refractivity contribution in [1.82, 2.24) is 9.88 Å². The molecule has 0 spiro atoms. The smallest absolute Gasteiger partial charge is 0.219 e. The van der Waals surface area contributed by atoms with Crippen molar-refractivity contribution in [3.05, 3.63) is 34.9 Å². The molecule has 3 rings (SSSR count). The lowest BCUT2D eigenvalue weighted by molar-refractivity contribution is -0.129. The molecular weight excluding hydrogens is 330 g/mol. The maximum Gasteiger partial charge on any atom is 0.219 e. The lowest BCUT2D eigenvalue weighted by Crippen LogP contribution is -2.41. The number of para-hydroxylation sites is 1. The summed E-state index contributed by atoms with van der Waals surface area (Å²) in [7, 11) is 0. The van der Waals surface area contributed by atoms with Crippen LogP contribution in [0.2, 0.25) is 0 Å². The van der Waals surface area contributed by atoms with Gasteiger partial charge in [-0.1, -0.05) is 12.1 Å². The molecule has 1 saturated heterocycles. The molecule has 1 aliphatic rings. The van der Waals surface area contributed by atoms with E-state index in [1.54, 1.807) is 6.92 Å². The summed E-state index contributed by atoms with van der Waals surface area (Å²) >= 11 is 3.46. The third kappa shape index (κ3) is 3.18. The highest BCUT2D eigenvalue weighted by Crippen LogP contribution is 2.26. The van der Waals surface area contributed by atoms with Crippen LogP contribution in [0.25, 0.3) is 10.9 Å². The number of carbonyl (C=O) groups is 1. The van der Waals surface area contributed by atoms with Crippen molar-refractivity contribution < 1.29 is 4.79 Å². The Morgan fingerprint density at radius 3 is 2.86 bits per heavy atom. The Morgan fingerprint density at radius 2 is 2.14 bits per heavy atom. The van der Waals surface area contributed by atoms with Crippen LogP contribution in [0.4, 0.5) is 5.69 Å². The van der Waals surface area contributed by atoms with Crippen LogP contribution in [0.1, 0.15) is 19.8 Å². The highest BCUT2D eigenvalue weighted by molar-refractivity contribution is 9.10. The van der Waals surface area contributed by atoms with Gasteiger partial charge in [0.05, 0.1) is 11.2 Å². The molecule has 110 valence electrons. The summed E-state index contributed by atoms with van der Waals surface area (Å²) in [5.74, 6) is 0.171. The molecule has 0 saturated carbocycles. The number of fused-ring (bicyclic) bond motifs is 1. The number of hydrogen-bond donors (Lipinski definition) is 1. The Hall–Kier alpha value is -1.62. The molecule has 4 nitrogen and oxygen atoms in total. The Labute approximate surface area is 132 Å². The maximum absolute atomic E-state index is 11.4. The third-order valence-electron chi connectivity index (χ3n) is 3.98. The number of benzene rings is 1. The summed E-state index contributed by atoms with van der Waals surface area (Å²) in [6, 6.07) is 8.66. The molecule has 5 heteroatoms. The fourth-order valence-corrected chi connectivity index (χ4v) is 3.16. The van der Waals surface area contributed by atoms with Crippen LogP contribution in [-0.4, -0.2) is 34.9 Å². The number of halogens is 1. The fourth-order valence-electron chi connectivity index (χ4n) is 2.81. The number of rotatable bonds is 2. The minimum atomic E-state index is 0.171. The largest absolute Gasteiger partial charge is 0.380 e. The summed E-state index contributed by atoms with van der Waals surface area (Å²) in [5, 5.41) is 4.71. The normalized spacial score (nSPS) is 16.2. The van der Waals surface area contributed by atoms with E-state index in [-0.39, 0.29) is 5.91 Å². The van der Waals surface area contributed by atoms with Crippen LogP contribution in [-0.2, 0) is 4.79 Å². The second-order valence-corrected chi connectivity index (χ2v) is 6.37. The number of nitrogens with one attached hydrogen (secondary N) is 1. The van der Waals surface area contributed by atoms with Crippen LogP contribution in [0.15, 0.2) is 34.9 Å². The van der Waals surface area contributed by atoms with Crippen molar-refractivity contribution in [2.24, 2.45) is 0 Å². The summed E-state index contributed by atoms with van der Waals surface area (Å²) in [4.78, 5) is 17.8. The number of piperidine rings is 1. The second-order valence-electron chi connectivity index (χ2n) is 5.46. The first kappa shape index (κ1) is 14.3. The second kappa shape index (κ2) is 6.02. The van der Waals surface area contributed by atoms with Crippen molar-refractivity contribution in [2.75, 3.05) is 18.4 Å². The molecule has 1 aromatic heterocycles. The number of anilines is 1. The van der Waals surface area contributed by atoms with E-state index in [2.05, 4.69) is 44.4 Å². The zero-order valence-corrected chi connectivity index (χ0v) is 13.6. The van der Waals surface area contributed by atoms with E-state index >= 15 is 0 Å². The molecule has 1 amide bonds. The molecule has 0 radical (unpaired) electrons. The molecule has 2 aromatic rings. The number of hydrogen-bond acceptors (Lipinski definition) is 3. The molecule has 0 unspecified atom stereocenters. The first-order valence-corrected chi connectivity index (χ1v) is 7.99. The Kier molecular flexibility index (Phi) is 4.10. The maximum atomic E-state index is 11.4. The van der Waals surface area contributed by atoms with Gasteiger partial charge in [0.1, 0.15) is 0 Å². The van der Waals surface area contributed by atoms with E-state index in [9.17, 15) is 4.79 Å². The first-order chi connectivity index (χ1) is 10.1. The molecular formula is C16H18BrN3O. The van der Waals surface area contributed by atoms with Crippen molar-refractivity contribution >= 4 is 38.4 Å². The van der Waals surface area contributed by atoms with E-state index in [0.717, 1.165) is 47.0 Å². The number of carbonyl (C=O) groups excluding carboxylic acids is 1. The molecule has 1 fully saturated rings. The van der Waals surface area contributed by atoms with E-state index < -0.39 is 0 Å². The van der Waals surface area contributed by atoms with Crippen molar-refractivity contribution in [2.45, 2.75) is 25.8 Å². The van der Waals surface area contributed by atoms with Crippen LogP contribution in [0.3, 0.4) is 0 Å². The summed E-state index contributed by atoms with van der Waals surface area (Å²) in [6.45, 7) is 3.30. The SMILES string of the molecule is CC(=O)N1CCC(Nc2cccc3cc(Br)cnc23)CC1. The molecule has 2 heterocycles. The van der Waals surface area contributed by atoms with Gasteiger partial charge in [-0.3, -0.25) is 9.78 Å². The number of likely N-dealkylation sites (tertiary alicyclic amines) is 1. The zero-order chi connectivity index (χ0) is 14.8. The van der Waals surface area contributed by atoms with Gasteiger partial charge in [0.25, 0.3) is 0 Å². The summed E-state index contributed by atoms with van der Waals surface area (Å²) in [5.41, 5.74) is 2.07. The number of amides is 1. The number of pyridine rings is 1. The number of nitrogens with zero attached hydrogens (tertiary/aromatic N) is 2. The molecule has 0 aliphatic carbocycles. The Balaban J connectivity index is 1.75. The van der Waals surface area contributed by atoms with E-state index in [0.29, 0.717) is 6.04 Å². The molecule has 1 N–H and O–H groups in total. The van der Waals surface area contributed by atoms with Gasteiger partial charge in [-0.05, 0) is 40.9 Å². The summed E-state index contributed by atoms with van der Waals surface area (Å²) in [6.07, 6.45) is 3.78. The van der Waals surface area contributed by atoms with Crippen LogP contribution in [0, 0.1) is 0 Å². The summed E-state index contributed by atoms with van der Waals surface area (Å²) < 4.78 is 0.988. The topological polar surface area (TPSA) is 45.2 Å². The van der Waals surface area contributed by atoms with Crippen LogP contribution >= 0.6 is 15.9 Å². The van der Waals surface area contributed by atoms with Gasteiger partial charge in [0, 0.05) is 42.1 Å². The number of aromatic nitrogens is 1. The predicted molar refractivity (Wildman–Crippen MR) is 88.3 cm³/mol. The van der Waals surface area contributed by atoms with Gasteiger partial charge in [0.2, 0.25) is 5.91 Å². The van der Waals surface area contributed by atoms with Crippen LogP contribution in [0.5, 0.6) is 0 Å². The van der Waals surface area contributed by atoms with E-state index in [1.807, 2.05) is 17.2 Å². The minimum Gasteiger partial charge on any atom is -0.380 e. The molecule has 0 bridgehead atoms. The zero-order valence-electron chi connectivity index (χ0n) is 12.0. The predicted octanol–water partition coefficient (Wildman–Crippen LogP) is 3.42. The van der Waals surface area contributed by atoms with Gasteiger partial charge in [-0.15, -0.1) is 0 Å². The Morgan fingerprint density at radius 1 is 1.38 bits per heavy atom. The monoisotopic (exact) mass is 347 g/mol. The molecule has 21 heavy (non-hydrogen) atoms. The average molecular weight is 348 g/mol. The van der Waals surface area contributed by atoms with Gasteiger partial charge >= 0.3 is 0 Å². The third-order valence-corrected chi connectivity index (χ3v) is 4.41. The molecule has 1 aliphatic heterocycles. The van der Waals surface area contributed by atoms with Crippen molar-refractivity contribution in [3.63, 3.8) is 0 Å². The van der Waals surface area contributed by atoms with Gasteiger partial charge in [0.15, 0.2) is 0 Å². The molecule has 1 aromatic carbocycles. The Bertz CT molecular complexity index is 666. The fraction of sp³-hybridized carbons (Fsp3) is 0.375. The standard InChI is InChI=1S/C16H18BrN3O/c1-11(21)20-7-5-14(6-8-20)19-15-4-2-3-12-9-13(17)10-18-16(12)15/h2-4,9-10,14,19H,5-8H2,1H3. The van der Waals surface area contributed by atoms with Gasteiger partial charge in [-0.2, -0.15) is 0 Å². The van der Waals surface area contributed by atoms with Crippen molar-refractivity contribution in [3.8, 4) is 0 Å². The van der Waals surface area contributed by atoms with E-state index in [1.165, 1.54) is 0 Å². The lowest BCUT2D eigenvalue weighted by Gasteiger charge is -2.32. The van der Waals surface area contributed by atoms with E-state index in [4.69, 9.17) is 0 Å². The quantitative estimate of drug-likeness (QED) is 0.905. The van der Waals surface area contributed by atoms with Crippen LogP contribution < -0.4 is 5.32 Å². The average Bonchev–Trinajstić information content (AvgIpc) is 2.47. The van der Waals surface area contributed by atoms with Crippen molar-refractivity contribution in [1.29, 1.82) is 0 Å².